The molecule has 0 aromatic carbocycles. The standard InChI is InChI=1S/C18H26N2O3/c1-17(2,3)20-15(12-4-5-12)10-14(19-20)16(21)23-18(7-8-18)13-6-9-22-11-13/h10,12-13H,4-9,11H2,1-3H3/t13-/m1/s1. The SMILES string of the molecule is CC(C)(C)n1nc(C(=O)OC2([C@@H]3CCOC3)CC2)cc1C1CC1. The first-order valence-corrected chi connectivity index (χ1v) is 8.81. The lowest BCUT2D eigenvalue weighted by Crippen LogP contribution is -2.30. The Labute approximate surface area is 137 Å². The third-order valence-electron chi connectivity index (χ3n) is 5.29. The van der Waals surface area contributed by atoms with Gasteiger partial charge in [-0.3, -0.25) is 4.68 Å². The summed E-state index contributed by atoms with van der Waals surface area (Å²) in [6.45, 7) is 7.88. The Hall–Kier alpha value is -1.36. The highest BCUT2D eigenvalue weighted by Gasteiger charge is 2.54. The van der Waals surface area contributed by atoms with Crippen molar-refractivity contribution in [3.63, 3.8) is 0 Å². The molecular weight excluding hydrogens is 292 g/mol. The average Bonchev–Trinajstić information content (AvgIpc) is 3.36. The molecule has 0 radical (unpaired) electrons. The fourth-order valence-electron chi connectivity index (χ4n) is 3.61. The molecule has 2 heterocycles. The molecule has 126 valence electrons. The van der Waals surface area contributed by atoms with Crippen molar-refractivity contribution in [3.8, 4) is 0 Å². The first-order chi connectivity index (χ1) is 10.9. The van der Waals surface area contributed by atoms with Gasteiger partial charge in [0.05, 0.1) is 12.1 Å². The molecule has 1 aromatic rings. The van der Waals surface area contributed by atoms with E-state index in [0.717, 1.165) is 32.5 Å². The van der Waals surface area contributed by atoms with Crippen LogP contribution in [0.4, 0.5) is 0 Å². The number of hydrogen-bond acceptors (Lipinski definition) is 4. The Morgan fingerprint density at radius 2 is 2.09 bits per heavy atom. The van der Waals surface area contributed by atoms with Crippen LogP contribution in [-0.4, -0.2) is 34.6 Å². The minimum Gasteiger partial charge on any atom is -0.454 e. The summed E-state index contributed by atoms with van der Waals surface area (Å²) in [6.07, 6.45) is 5.31. The highest BCUT2D eigenvalue weighted by Crippen LogP contribution is 2.49. The van der Waals surface area contributed by atoms with E-state index in [-0.39, 0.29) is 17.1 Å². The van der Waals surface area contributed by atoms with Gasteiger partial charge in [0, 0.05) is 24.1 Å². The molecule has 0 N–H and O–H groups in total. The Morgan fingerprint density at radius 1 is 1.35 bits per heavy atom. The van der Waals surface area contributed by atoms with Crippen LogP contribution in [-0.2, 0) is 15.0 Å². The van der Waals surface area contributed by atoms with Gasteiger partial charge in [-0.05, 0) is 58.9 Å². The van der Waals surface area contributed by atoms with Gasteiger partial charge >= 0.3 is 5.97 Å². The van der Waals surface area contributed by atoms with E-state index < -0.39 is 0 Å². The molecular formula is C18H26N2O3. The zero-order chi connectivity index (χ0) is 16.2. The van der Waals surface area contributed by atoms with E-state index in [0.29, 0.717) is 17.5 Å². The van der Waals surface area contributed by atoms with Crippen LogP contribution in [0.15, 0.2) is 6.07 Å². The van der Waals surface area contributed by atoms with E-state index in [9.17, 15) is 4.79 Å². The van der Waals surface area contributed by atoms with Crippen molar-refractivity contribution in [2.45, 2.75) is 69.9 Å². The largest absolute Gasteiger partial charge is 0.454 e. The molecule has 5 heteroatoms. The molecule has 1 saturated heterocycles. The lowest BCUT2D eigenvalue weighted by atomic mass is 9.99. The third kappa shape index (κ3) is 2.80. The zero-order valence-electron chi connectivity index (χ0n) is 14.3. The second kappa shape index (κ2) is 5.07. The number of hydrogen-bond donors (Lipinski definition) is 0. The second-order valence-corrected chi connectivity index (χ2v) is 8.33. The van der Waals surface area contributed by atoms with Crippen LogP contribution in [0.1, 0.15) is 75.0 Å². The van der Waals surface area contributed by atoms with Gasteiger partial charge in [0.25, 0.3) is 0 Å². The monoisotopic (exact) mass is 318 g/mol. The summed E-state index contributed by atoms with van der Waals surface area (Å²) in [5, 5.41) is 4.59. The molecule has 1 aromatic heterocycles. The molecule has 0 spiro atoms. The lowest BCUT2D eigenvalue weighted by Gasteiger charge is -2.22. The topological polar surface area (TPSA) is 53.4 Å². The number of nitrogens with zero attached hydrogens (tertiary/aromatic N) is 2. The van der Waals surface area contributed by atoms with Gasteiger partial charge in [0.2, 0.25) is 0 Å². The molecule has 23 heavy (non-hydrogen) atoms. The van der Waals surface area contributed by atoms with Gasteiger partial charge < -0.3 is 9.47 Å². The maximum absolute atomic E-state index is 12.7. The summed E-state index contributed by atoms with van der Waals surface area (Å²) in [6, 6.07) is 1.95. The van der Waals surface area contributed by atoms with Crippen LogP contribution in [0.2, 0.25) is 0 Å². The van der Waals surface area contributed by atoms with E-state index in [1.54, 1.807) is 0 Å². The number of carbonyl (C=O) groups is 1. The first-order valence-electron chi connectivity index (χ1n) is 8.81. The van der Waals surface area contributed by atoms with E-state index in [1.165, 1.54) is 18.5 Å². The molecule has 2 aliphatic carbocycles. The van der Waals surface area contributed by atoms with Crippen LogP contribution >= 0.6 is 0 Å². The van der Waals surface area contributed by atoms with Crippen LogP contribution in [0.3, 0.4) is 0 Å². The number of rotatable bonds is 4. The summed E-state index contributed by atoms with van der Waals surface area (Å²) in [5.41, 5.74) is 1.25. The van der Waals surface area contributed by atoms with Gasteiger partial charge in [0.1, 0.15) is 5.60 Å². The number of ether oxygens (including phenoxy) is 2. The minimum absolute atomic E-state index is 0.118. The molecule has 0 bridgehead atoms. The Bertz CT molecular complexity index is 615. The maximum atomic E-state index is 12.7. The predicted octanol–water partition coefficient (Wildman–Crippen LogP) is 3.24. The zero-order valence-corrected chi connectivity index (χ0v) is 14.3. The molecule has 0 amide bonds. The van der Waals surface area contributed by atoms with Crippen molar-refractivity contribution in [1.82, 2.24) is 9.78 Å². The summed E-state index contributed by atoms with van der Waals surface area (Å²) in [5.74, 6) is 0.653. The van der Waals surface area contributed by atoms with E-state index in [2.05, 4.69) is 25.9 Å². The second-order valence-electron chi connectivity index (χ2n) is 8.33. The highest BCUT2D eigenvalue weighted by molar-refractivity contribution is 5.88. The fourth-order valence-corrected chi connectivity index (χ4v) is 3.61. The molecule has 1 atom stereocenters. The van der Waals surface area contributed by atoms with Gasteiger partial charge in [-0.15, -0.1) is 0 Å². The van der Waals surface area contributed by atoms with Crippen molar-refractivity contribution >= 4 is 5.97 Å². The van der Waals surface area contributed by atoms with E-state index in [1.807, 2.05) is 10.7 Å². The lowest BCUT2D eigenvalue weighted by molar-refractivity contribution is 0.0000910. The van der Waals surface area contributed by atoms with Crippen LogP contribution < -0.4 is 0 Å². The molecule has 3 fully saturated rings. The molecule has 5 nitrogen and oxygen atoms in total. The summed E-state index contributed by atoms with van der Waals surface area (Å²) in [4.78, 5) is 12.7. The van der Waals surface area contributed by atoms with Crippen LogP contribution in [0.5, 0.6) is 0 Å². The van der Waals surface area contributed by atoms with Gasteiger partial charge in [0.15, 0.2) is 5.69 Å². The van der Waals surface area contributed by atoms with Crippen molar-refractivity contribution in [2.24, 2.45) is 5.92 Å². The van der Waals surface area contributed by atoms with E-state index in [4.69, 9.17) is 9.47 Å². The predicted molar refractivity (Wildman–Crippen MR) is 85.5 cm³/mol. The highest BCUT2D eigenvalue weighted by atomic mass is 16.6. The van der Waals surface area contributed by atoms with Gasteiger partial charge in [-0.2, -0.15) is 5.10 Å². The average molecular weight is 318 g/mol. The van der Waals surface area contributed by atoms with Gasteiger partial charge in [-0.1, -0.05) is 0 Å². The Morgan fingerprint density at radius 3 is 2.61 bits per heavy atom. The number of aromatic nitrogens is 2. The van der Waals surface area contributed by atoms with Crippen LogP contribution in [0.25, 0.3) is 0 Å². The normalized spacial score (nSPS) is 26.3. The maximum Gasteiger partial charge on any atom is 0.359 e. The third-order valence-corrected chi connectivity index (χ3v) is 5.29. The quantitative estimate of drug-likeness (QED) is 0.800. The molecule has 3 aliphatic rings. The molecule has 2 saturated carbocycles. The minimum atomic E-state index is -0.279. The van der Waals surface area contributed by atoms with Crippen molar-refractivity contribution < 1.29 is 14.3 Å². The summed E-state index contributed by atoms with van der Waals surface area (Å²) in [7, 11) is 0. The van der Waals surface area contributed by atoms with Crippen LogP contribution in [0, 0.1) is 5.92 Å². The fraction of sp³-hybridized carbons (Fsp3) is 0.778. The Kier molecular flexibility index (Phi) is 3.34. The van der Waals surface area contributed by atoms with Crippen molar-refractivity contribution in [2.75, 3.05) is 13.2 Å². The van der Waals surface area contributed by atoms with Crippen molar-refractivity contribution in [3.05, 3.63) is 17.5 Å². The number of esters is 1. The summed E-state index contributed by atoms with van der Waals surface area (Å²) >= 11 is 0. The Balaban J connectivity index is 1.54. The first kappa shape index (κ1) is 15.2. The van der Waals surface area contributed by atoms with Gasteiger partial charge in [-0.25, -0.2) is 4.79 Å². The van der Waals surface area contributed by atoms with E-state index >= 15 is 0 Å². The summed E-state index contributed by atoms with van der Waals surface area (Å²) < 4.78 is 13.4. The molecule has 1 aliphatic heterocycles. The van der Waals surface area contributed by atoms with Crippen molar-refractivity contribution in [1.29, 1.82) is 0 Å². The number of carbonyl (C=O) groups excluding carboxylic acids is 1. The molecule has 0 unspecified atom stereocenters. The smallest absolute Gasteiger partial charge is 0.359 e. The molecule has 4 rings (SSSR count).